The Morgan fingerprint density at radius 1 is 0.938 bits per heavy atom. The van der Waals surface area contributed by atoms with E-state index in [0.717, 1.165) is 0 Å². The predicted octanol–water partition coefficient (Wildman–Crippen LogP) is 0.742. The van der Waals surface area contributed by atoms with Crippen LogP contribution in [-0.2, 0) is 0 Å². The summed E-state index contributed by atoms with van der Waals surface area (Å²) in [6.45, 7) is 10.8. The Balaban J connectivity index is -0.0000000710. The first-order valence-electron chi connectivity index (χ1n) is 4.25. The van der Waals surface area contributed by atoms with E-state index in [1.54, 1.807) is 20.8 Å². The molecule has 0 aliphatic rings. The minimum Gasteiger partial charge on any atom is -0.391 e. The molecule has 88 valence electrons. The van der Waals surface area contributed by atoms with Crippen molar-refractivity contribution in [3.05, 3.63) is 26.4 Å². The predicted molar refractivity (Wildman–Crippen MR) is 60.9 cm³/mol. The number of aliphatic hydroxyl groups is 1. The number of nitrogens with zero attached hydrogens (tertiary/aromatic N) is 6. The van der Waals surface area contributed by atoms with Crippen LogP contribution in [0.2, 0.25) is 0 Å². The molecule has 0 aromatic rings. The van der Waals surface area contributed by atoms with Crippen LogP contribution in [0, 0.1) is 0 Å². The topological polar surface area (TPSA) is 128 Å². The minimum absolute atomic E-state index is 0. The molecular weight excluding hydrogens is 219 g/mol. The number of azide groups is 1. The van der Waals surface area contributed by atoms with Gasteiger partial charge in [-0.3, -0.25) is 4.91 Å². The fourth-order valence-electron chi connectivity index (χ4n) is 0.134. The molecule has 8 heteroatoms. The summed E-state index contributed by atoms with van der Waals surface area (Å²) >= 11 is 0. The Morgan fingerprint density at radius 2 is 1.12 bits per heavy atom. The summed E-state index contributed by atoms with van der Waals surface area (Å²) in [5.41, 5.74) is 20.6. The Morgan fingerprint density at radius 3 is 1.12 bits per heavy atom. The average molecular weight is 238 g/mol. The van der Waals surface area contributed by atoms with E-state index in [9.17, 15) is 0 Å². The molecule has 0 bridgehead atoms. The summed E-state index contributed by atoms with van der Waals surface area (Å²) in [5, 5.41) is 12.0. The molecule has 0 unspecified atom stereocenters. The van der Waals surface area contributed by atoms with E-state index in [2.05, 4.69) is 10.0 Å². The second kappa shape index (κ2) is 12.6. The quantitative estimate of drug-likeness (QED) is 0.284. The van der Waals surface area contributed by atoms with E-state index >= 15 is 0 Å². The molecule has 0 radical (unpaired) electrons. The van der Waals surface area contributed by atoms with Crippen molar-refractivity contribution in [2.24, 2.45) is 5.11 Å². The van der Waals surface area contributed by atoms with Gasteiger partial charge in [0.25, 0.3) is 0 Å². The third kappa shape index (κ3) is 168. The molecule has 0 aliphatic carbocycles. The Kier molecular flexibility index (Phi) is 19.5. The van der Waals surface area contributed by atoms with E-state index in [4.69, 9.17) is 21.7 Å². The van der Waals surface area contributed by atoms with Crippen LogP contribution in [0.3, 0.4) is 0 Å². The van der Waals surface area contributed by atoms with Crippen LogP contribution >= 0.6 is 0 Å². The van der Waals surface area contributed by atoms with Gasteiger partial charge in [0, 0.05) is 10.5 Å². The molecule has 16 heavy (non-hydrogen) atoms. The van der Waals surface area contributed by atoms with Gasteiger partial charge in [0.2, 0.25) is 0 Å². The van der Waals surface area contributed by atoms with Gasteiger partial charge in [-0.1, -0.05) is 25.9 Å². The van der Waals surface area contributed by atoms with Gasteiger partial charge < -0.3 is 16.2 Å². The van der Waals surface area contributed by atoms with Crippen molar-refractivity contribution in [2.75, 3.05) is 0 Å². The van der Waals surface area contributed by atoms with Gasteiger partial charge in [-0.25, -0.2) is 0 Å². The zero-order chi connectivity index (χ0) is 13.1. The molecule has 0 saturated carbocycles. The third-order valence-corrected chi connectivity index (χ3v) is 0.345. The van der Waals surface area contributed by atoms with Crippen LogP contribution in [0.25, 0.3) is 26.4 Å². The molecule has 0 rings (SSSR count). The summed E-state index contributed by atoms with van der Waals surface area (Å²) < 4.78 is 0. The fourth-order valence-corrected chi connectivity index (χ4v) is 0.134. The van der Waals surface area contributed by atoms with Crippen LogP contribution in [-0.4, -0.2) is 16.2 Å². The van der Waals surface area contributed by atoms with Crippen LogP contribution in [0.5, 0.6) is 0 Å². The first-order chi connectivity index (χ1) is 6.47. The summed E-state index contributed by atoms with van der Waals surface area (Å²) in [5.74, 6) is 0. The summed E-state index contributed by atoms with van der Waals surface area (Å²) in [6.07, 6.45) is 0. The maximum atomic E-state index is 8.52. The minimum atomic E-state index is -0.500. The van der Waals surface area contributed by atoms with Crippen molar-refractivity contribution < 1.29 is 34.7 Å². The van der Waals surface area contributed by atoms with Gasteiger partial charge in [0.1, 0.15) is 0 Å². The van der Waals surface area contributed by atoms with Crippen LogP contribution in [0.1, 0.15) is 41.5 Å². The van der Waals surface area contributed by atoms with E-state index < -0.39 is 5.60 Å². The van der Waals surface area contributed by atoms with Gasteiger partial charge in [0.15, 0.2) is 0 Å². The Bertz CT molecular complexity index is 224. The van der Waals surface area contributed by atoms with Crippen molar-refractivity contribution in [1.29, 1.82) is 0 Å². The second-order valence-corrected chi connectivity index (χ2v) is 4.62. The van der Waals surface area contributed by atoms with Gasteiger partial charge in [-0.05, 0) is 26.3 Å². The fraction of sp³-hybridized carbons (Fsp3) is 1.00. The van der Waals surface area contributed by atoms with Crippen molar-refractivity contribution in [2.45, 2.75) is 52.7 Å². The number of hydrogen-bond acceptors (Lipinski definition) is 2. The standard InChI is InChI=1S/C4H9N3.C4H10O.N3.Na/c1-4(2,3)6-7-5;1-4(2,3)5;1-3-2;/h1-3H3;5H,1-3H3;;/q;;-1;+1. The molecule has 0 aliphatic heterocycles. The average Bonchev–Trinajstić information content (AvgIpc) is 1.80. The zero-order valence-electron chi connectivity index (χ0n) is 11.1. The Labute approximate surface area is 119 Å². The second-order valence-electron chi connectivity index (χ2n) is 4.62. The number of rotatable bonds is 0. The van der Waals surface area contributed by atoms with E-state index in [-0.39, 0.29) is 35.1 Å². The summed E-state index contributed by atoms with van der Waals surface area (Å²) in [6, 6.07) is 0. The number of hydrogen-bond donors (Lipinski definition) is 1. The molecule has 0 saturated heterocycles. The maximum absolute atomic E-state index is 8.52. The Hall–Kier alpha value is -0.420. The first-order valence-corrected chi connectivity index (χ1v) is 4.25. The molecule has 0 atom stereocenters. The van der Waals surface area contributed by atoms with E-state index in [1.165, 1.54) is 4.91 Å². The molecule has 0 amide bonds. The molecular formula is C8H19N6NaO. The summed E-state index contributed by atoms with van der Waals surface area (Å²) in [4.78, 5) is 4.13. The monoisotopic (exact) mass is 238 g/mol. The zero-order valence-corrected chi connectivity index (χ0v) is 13.1. The van der Waals surface area contributed by atoms with Gasteiger partial charge >= 0.3 is 29.6 Å². The summed E-state index contributed by atoms with van der Waals surface area (Å²) in [7, 11) is 0. The largest absolute Gasteiger partial charge is 1.00 e. The molecule has 0 heterocycles. The third-order valence-electron chi connectivity index (χ3n) is 0.345. The van der Waals surface area contributed by atoms with Crippen molar-refractivity contribution in [3.63, 3.8) is 0 Å². The van der Waals surface area contributed by atoms with Crippen molar-refractivity contribution in [1.82, 2.24) is 0 Å². The smallest absolute Gasteiger partial charge is 0.391 e. The maximum Gasteiger partial charge on any atom is 1.00 e. The van der Waals surface area contributed by atoms with Gasteiger partial charge in [0.05, 0.1) is 5.60 Å². The van der Waals surface area contributed by atoms with Gasteiger partial charge in [-0.2, -0.15) is 0 Å². The molecule has 0 aromatic heterocycles. The normalized spacial score (nSPS) is 8.69. The van der Waals surface area contributed by atoms with E-state index in [0.29, 0.717) is 0 Å². The first kappa shape index (κ1) is 24.7. The SMILES string of the molecule is CC(C)(C)N=[N+]=[N-].CC(C)(C)O.[N-]=[N+]=[N-].[Na+]. The van der Waals surface area contributed by atoms with Crippen LogP contribution in [0.4, 0.5) is 0 Å². The molecule has 0 spiro atoms. The van der Waals surface area contributed by atoms with Crippen molar-refractivity contribution in [3.8, 4) is 0 Å². The molecule has 1 N–H and O–H groups in total. The van der Waals surface area contributed by atoms with Crippen LogP contribution in [0.15, 0.2) is 5.11 Å². The molecule has 0 fully saturated rings. The molecule has 7 nitrogen and oxygen atoms in total. The van der Waals surface area contributed by atoms with Crippen molar-refractivity contribution >= 4 is 0 Å². The molecule has 0 aromatic carbocycles. The van der Waals surface area contributed by atoms with Crippen LogP contribution < -0.4 is 29.6 Å². The van der Waals surface area contributed by atoms with Gasteiger partial charge in [-0.15, -0.1) is 0 Å². The van der Waals surface area contributed by atoms with E-state index in [1.807, 2.05) is 20.8 Å².